The second-order valence-electron chi connectivity index (χ2n) is 5.01. The Bertz CT molecular complexity index is 996. The van der Waals surface area contributed by atoms with Gasteiger partial charge < -0.3 is 9.15 Å². The van der Waals surface area contributed by atoms with E-state index in [-0.39, 0.29) is 16.9 Å². The average Bonchev–Trinajstić information content (AvgIpc) is 3.09. The highest BCUT2D eigenvalue weighted by atomic mass is 35.5. The lowest BCUT2D eigenvalue weighted by Crippen LogP contribution is -2.12. The number of aromatic nitrogens is 2. The second kappa shape index (κ2) is 8.14. The van der Waals surface area contributed by atoms with Crippen molar-refractivity contribution in [3.05, 3.63) is 63.4 Å². The van der Waals surface area contributed by atoms with Gasteiger partial charge in [-0.1, -0.05) is 23.4 Å². The molecule has 0 aliphatic heterocycles. The van der Waals surface area contributed by atoms with Gasteiger partial charge in [-0.15, -0.1) is 10.2 Å². The maximum Gasteiger partial charge on any atom is 0.322 e. The van der Waals surface area contributed by atoms with Crippen LogP contribution >= 0.6 is 23.4 Å². The maximum atomic E-state index is 13.2. The number of benzene rings is 2. The Morgan fingerprint density at radius 1 is 1.26 bits per heavy atom. The van der Waals surface area contributed by atoms with E-state index in [4.69, 9.17) is 20.8 Å². The molecule has 0 N–H and O–H groups in total. The topological polar surface area (TPSA) is 108 Å². The number of halogens is 2. The number of nitro groups is 1. The zero-order chi connectivity index (χ0) is 19.4. The van der Waals surface area contributed by atoms with Crippen molar-refractivity contribution >= 4 is 35.0 Å². The number of nitrogens with zero attached hydrogens (tertiary/aromatic N) is 3. The molecule has 0 saturated carbocycles. The number of rotatable bonds is 6. The van der Waals surface area contributed by atoms with Crippen molar-refractivity contribution in [1.82, 2.24) is 10.2 Å². The van der Waals surface area contributed by atoms with E-state index in [1.165, 1.54) is 0 Å². The maximum absolute atomic E-state index is 13.2. The molecule has 0 amide bonds. The van der Waals surface area contributed by atoms with Crippen LogP contribution < -0.4 is 4.74 Å². The summed E-state index contributed by atoms with van der Waals surface area (Å²) in [5.41, 5.74) is 0.134. The molecule has 3 rings (SSSR count). The summed E-state index contributed by atoms with van der Waals surface area (Å²) in [6.07, 6.45) is 0. The zero-order valence-corrected chi connectivity index (χ0v) is 14.9. The molecule has 138 valence electrons. The molecule has 0 aliphatic rings. The number of thioether (sulfide) groups is 1. The van der Waals surface area contributed by atoms with E-state index in [2.05, 4.69) is 10.2 Å². The van der Waals surface area contributed by atoms with Crippen molar-refractivity contribution in [3.8, 4) is 17.2 Å². The third-order valence-corrected chi connectivity index (χ3v) is 4.20. The summed E-state index contributed by atoms with van der Waals surface area (Å²) in [6.45, 7) is 0. The number of carbonyl (C=O) groups is 1. The lowest BCUT2D eigenvalue weighted by Gasteiger charge is -2.04. The Kier molecular flexibility index (Phi) is 5.67. The molecule has 0 bridgehead atoms. The van der Waals surface area contributed by atoms with Gasteiger partial charge in [0.2, 0.25) is 11.6 Å². The molecule has 3 aromatic rings. The number of esters is 1. The van der Waals surface area contributed by atoms with Gasteiger partial charge in [-0.25, -0.2) is 4.39 Å². The van der Waals surface area contributed by atoms with E-state index < -0.39 is 28.1 Å². The van der Waals surface area contributed by atoms with Gasteiger partial charge in [0.05, 0.1) is 4.92 Å². The Balaban J connectivity index is 1.63. The molecule has 0 unspecified atom stereocenters. The third kappa shape index (κ3) is 4.80. The molecular weight excluding hydrogens is 401 g/mol. The van der Waals surface area contributed by atoms with Crippen LogP contribution in [0.15, 0.2) is 52.1 Å². The van der Waals surface area contributed by atoms with Gasteiger partial charge in [0.1, 0.15) is 11.6 Å². The van der Waals surface area contributed by atoms with Gasteiger partial charge in [-0.3, -0.25) is 14.9 Å². The Labute approximate surface area is 160 Å². The monoisotopic (exact) mass is 409 g/mol. The highest BCUT2D eigenvalue weighted by Gasteiger charge is 2.20. The fourth-order valence-electron chi connectivity index (χ4n) is 1.97. The lowest BCUT2D eigenvalue weighted by atomic mass is 10.2. The van der Waals surface area contributed by atoms with Crippen molar-refractivity contribution < 1.29 is 23.3 Å². The number of hydrogen-bond donors (Lipinski definition) is 0. The van der Waals surface area contributed by atoms with Crippen molar-refractivity contribution in [1.29, 1.82) is 0 Å². The summed E-state index contributed by atoms with van der Waals surface area (Å²) in [6, 6.07) is 9.31. The van der Waals surface area contributed by atoms with Crippen LogP contribution in [0.1, 0.15) is 0 Å². The van der Waals surface area contributed by atoms with E-state index in [1.54, 1.807) is 24.3 Å². The first kappa shape index (κ1) is 18.8. The largest absolute Gasteiger partial charge is 0.418 e. The first-order valence-electron chi connectivity index (χ1n) is 7.29. The van der Waals surface area contributed by atoms with Gasteiger partial charge in [0.15, 0.2) is 0 Å². The quantitative estimate of drug-likeness (QED) is 0.196. The fraction of sp³-hybridized carbons (Fsp3) is 0.0625. The molecule has 27 heavy (non-hydrogen) atoms. The lowest BCUT2D eigenvalue weighted by molar-refractivity contribution is -0.385. The van der Waals surface area contributed by atoms with Crippen LogP contribution in [-0.4, -0.2) is 26.8 Å². The molecule has 1 heterocycles. The van der Waals surface area contributed by atoms with Crippen LogP contribution in [0, 0.1) is 15.9 Å². The SMILES string of the molecule is O=C(CSc1nnc(-c2ccc(Cl)cc2)o1)Oc1cc(F)ccc1[N+](=O)[O-]. The number of carbonyl (C=O) groups excluding carboxylic acids is 1. The Morgan fingerprint density at radius 3 is 2.70 bits per heavy atom. The van der Waals surface area contributed by atoms with E-state index >= 15 is 0 Å². The van der Waals surface area contributed by atoms with E-state index in [0.29, 0.717) is 10.6 Å². The summed E-state index contributed by atoms with van der Waals surface area (Å²) >= 11 is 6.69. The van der Waals surface area contributed by atoms with Gasteiger partial charge >= 0.3 is 11.7 Å². The van der Waals surface area contributed by atoms with Crippen molar-refractivity contribution in [2.24, 2.45) is 0 Å². The summed E-state index contributed by atoms with van der Waals surface area (Å²) in [5, 5.41) is 19.2. The number of ether oxygens (including phenoxy) is 1. The number of nitro benzene ring substituents is 1. The molecule has 1 aromatic heterocycles. The van der Waals surface area contributed by atoms with Crippen LogP contribution in [0.2, 0.25) is 5.02 Å². The molecule has 0 atom stereocenters. The predicted octanol–water partition coefficient (Wildman–Crippen LogP) is 4.14. The van der Waals surface area contributed by atoms with Crippen LogP contribution in [0.25, 0.3) is 11.5 Å². The van der Waals surface area contributed by atoms with Crippen molar-refractivity contribution in [2.75, 3.05) is 5.75 Å². The Hall–Kier alpha value is -2.98. The van der Waals surface area contributed by atoms with Gasteiger partial charge in [0, 0.05) is 22.7 Å². The number of hydrogen-bond acceptors (Lipinski definition) is 8. The standard InChI is InChI=1S/C16H9ClFN3O5S/c17-10-3-1-9(2-4-10)15-19-20-16(26-15)27-8-14(22)25-13-7-11(18)5-6-12(13)21(23)24/h1-7H,8H2. The predicted molar refractivity (Wildman–Crippen MR) is 94.2 cm³/mol. The van der Waals surface area contributed by atoms with Crippen LogP contribution in [0.3, 0.4) is 0 Å². The van der Waals surface area contributed by atoms with Gasteiger partial charge in [-0.2, -0.15) is 0 Å². The molecule has 0 saturated heterocycles. The van der Waals surface area contributed by atoms with Gasteiger partial charge in [0.25, 0.3) is 5.22 Å². The van der Waals surface area contributed by atoms with E-state index in [1.807, 2.05) is 0 Å². The fourth-order valence-corrected chi connectivity index (χ4v) is 2.63. The van der Waals surface area contributed by atoms with Gasteiger partial charge in [-0.05, 0) is 30.3 Å². The van der Waals surface area contributed by atoms with E-state index in [9.17, 15) is 19.3 Å². The first-order valence-corrected chi connectivity index (χ1v) is 8.65. The minimum atomic E-state index is -0.833. The average molecular weight is 410 g/mol. The second-order valence-corrected chi connectivity index (χ2v) is 6.37. The minimum absolute atomic E-state index is 0.102. The first-order chi connectivity index (χ1) is 12.9. The summed E-state index contributed by atoms with van der Waals surface area (Å²) in [4.78, 5) is 22.0. The summed E-state index contributed by atoms with van der Waals surface area (Å²) in [7, 11) is 0. The van der Waals surface area contributed by atoms with E-state index in [0.717, 1.165) is 30.0 Å². The molecule has 8 nitrogen and oxygen atoms in total. The van der Waals surface area contributed by atoms with Crippen molar-refractivity contribution in [2.45, 2.75) is 5.22 Å². The molecule has 11 heteroatoms. The Morgan fingerprint density at radius 2 is 2.00 bits per heavy atom. The molecule has 0 fully saturated rings. The summed E-state index contributed by atoms with van der Waals surface area (Å²) < 4.78 is 23.5. The van der Waals surface area contributed by atoms with Crippen molar-refractivity contribution in [3.63, 3.8) is 0 Å². The van der Waals surface area contributed by atoms with Crippen LogP contribution in [0.5, 0.6) is 5.75 Å². The van der Waals surface area contributed by atoms with Crippen LogP contribution in [-0.2, 0) is 4.79 Å². The molecular formula is C16H9ClFN3O5S. The molecule has 0 radical (unpaired) electrons. The minimum Gasteiger partial charge on any atom is -0.418 e. The molecule has 0 spiro atoms. The smallest absolute Gasteiger partial charge is 0.322 e. The normalized spacial score (nSPS) is 10.6. The zero-order valence-electron chi connectivity index (χ0n) is 13.3. The summed E-state index contributed by atoms with van der Waals surface area (Å²) in [5.74, 6) is -2.10. The highest BCUT2D eigenvalue weighted by molar-refractivity contribution is 7.99. The highest BCUT2D eigenvalue weighted by Crippen LogP contribution is 2.29. The third-order valence-electron chi connectivity index (χ3n) is 3.15. The molecule has 0 aliphatic carbocycles. The molecule has 2 aromatic carbocycles. The van der Waals surface area contributed by atoms with Crippen LogP contribution in [0.4, 0.5) is 10.1 Å².